The topological polar surface area (TPSA) is 210 Å². The number of amides is 4. The van der Waals surface area contributed by atoms with E-state index in [0.717, 1.165) is 0 Å². The molecule has 1 aromatic heterocycles. The minimum absolute atomic E-state index is 0.0386. The van der Waals surface area contributed by atoms with Gasteiger partial charge in [-0.2, -0.15) is 0 Å². The second-order valence-corrected chi connectivity index (χ2v) is 11.2. The van der Waals surface area contributed by atoms with Crippen LogP contribution in [0, 0.1) is 5.92 Å². The molecule has 2 aromatic carbocycles. The Morgan fingerprint density at radius 3 is 2.04 bits per heavy atom. The van der Waals surface area contributed by atoms with Gasteiger partial charge in [-0.25, -0.2) is 24.1 Å². The lowest BCUT2D eigenvalue weighted by Gasteiger charge is -2.22. The van der Waals surface area contributed by atoms with E-state index in [1.807, 2.05) is 0 Å². The van der Waals surface area contributed by atoms with Gasteiger partial charge in [0.1, 0.15) is 12.4 Å². The van der Waals surface area contributed by atoms with Crippen molar-refractivity contribution in [1.82, 2.24) is 30.4 Å². The van der Waals surface area contributed by atoms with Crippen molar-refractivity contribution in [3.05, 3.63) is 59.8 Å². The average molecular weight is 647 g/mol. The molecule has 0 saturated heterocycles. The number of hydrogen-bond donors (Lipinski definition) is 4. The fraction of sp³-hybridized carbons (Fsp3) is 0.357. The molecular weight excluding hydrogens is 611 g/mol. The molecule has 0 atom stereocenters. The first-order valence-electron chi connectivity index (χ1n) is 13.7. The fourth-order valence-electron chi connectivity index (χ4n) is 3.53. The lowest BCUT2D eigenvalue weighted by atomic mass is 10.2. The maximum atomic E-state index is 12.9. The molecule has 0 bridgehead atoms. The first kappa shape index (κ1) is 34.7. The molecule has 4 amide bonds. The van der Waals surface area contributed by atoms with E-state index in [4.69, 9.17) is 19.3 Å². The number of fused-ring (bicyclic) bond motifs is 1. The Morgan fingerprint density at radius 2 is 1.44 bits per heavy atom. The fourth-order valence-corrected chi connectivity index (χ4v) is 3.93. The summed E-state index contributed by atoms with van der Waals surface area (Å²) in [4.78, 5) is 78.8. The number of nitrogens with one attached hydrogen (secondary N) is 2. The summed E-state index contributed by atoms with van der Waals surface area (Å²) in [6.45, 7) is 3.79. The Labute approximate surface area is 258 Å². The number of ether oxygens (including phenoxy) is 2. The van der Waals surface area contributed by atoms with Crippen LogP contribution in [0.2, 0.25) is 0 Å². The van der Waals surface area contributed by atoms with Crippen LogP contribution in [-0.2, 0) is 20.7 Å². The van der Waals surface area contributed by atoms with Crippen molar-refractivity contribution in [2.75, 3.05) is 40.3 Å². The van der Waals surface area contributed by atoms with Gasteiger partial charge in [-0.1, -0.05) is 38.1 Å². The van der Waals surface area contributed by atoms with Crippen molar-refractivity contribution >= 4 is 42.9 Å². The summed E-state index contributed by atoms with van der Waals surface area (Å²) < 4.78 is 26.1. The van der Waals surface area contributed by atoms with Crippen LogP contribution in [0.1, 0.15) is 29.9 Å². The Bertz CT molecular complexity index is 1560. The lowest BCUT2D eigenvalue weighted by molar-refractivity contribution is -0.123. The Hall–Kier alpha value is -4.79. The quantitative estimate of drug-likeness (QED) is 0.156. The second-order valence-electron chi connectivity index (χ2n) is 10.1. The van der Waals surface area contributed by atoms with E-state index in [0.29, 0.717) is 16.6 Å². The van der Waals surface area contributed by atoms with Crippen LogP contribution in [0.5, 0.6) is 11.6 Å². The molecule has 0 aliphatic heterocycles. The van der Waals surface area contributed by atoms with Crippen LogP contribution >= 0.6 is 7.82 Å². The van der Waals surface area contributed by atoms with Gasteiger partial charge in [0.15, 0.2) is 5.69 Å². The molecule has 0 unspecified atom stereocenters. The summed E-state index contributed by atoms with van der Waals surface area (Å²) in [7, 11) is -1.77. The molecule has 4 N–H and O–H groups in total. The zero-order valence-electron chi connectivity index (χ0n) is 25.1. The van der Waals surface area contributed by atoms with Crippen molar-refractivity contribution in [3.63, 3.8) is 0 Å². The molecule has 45 heavy (non-hydrogen) atoms. The molecule has 16 nitrogen and oxygen atoms in total. The Balaban J connectivity index is 1.55. The number of hydrogen-bond acceptors (Lipinski definition) is 10. The van der Waals surface area contributed by atoms with E-state index in [1.54, 1.807) is 38.1 Å². The van der Waals surface area contributed by atoms with Gasteiger partial charge in [-0.05, 0) is 29.8 Å². The van der Waals surface area contributed by atoms with E-state index >= 15 is 0 Å². The van der Waals surface area contributed by atoms with Crippen LogP contribution in [-0.4, -0.2) is 93.8 Å². The smallest absolute Gasteiger partial charge is 0.445 e. The van der Waals surface area contributed by atoms with Gasteiger partial charge >= 0.3 is 20.0 Å². The molecule has 0 radical (unpaired) electrons. The largest absolute Gasteiger partial charge is 0.524 e. The van der Waals surface area contributed by atoms with E-state index in [2.05, 4.69) is 25.1 Å². The number of likely N-dealkylation sites (N-methyl/N-ethyl adjacent to an activating group) is 2. The molecule has 0 aliphatic carbocycles. The van der Waals surface area contributed by atoms with Crippen LogP contribution in [0.3, 0.4) is 0 Å². The van der Waals surface area contributed by atoms with Crippen molar-refractivity contribution in [2.24, 2.45) is 5.92 Å². The third kappa shape index (κ3) is 11.0. The summed E-state index contributed by atoms with van der Waals surface area (Å²) in [6, 6.07) is 12.4. The van der Waals surface area contributed by atoms with Gasteiger partial charge in [0.05, 0.1) is 11.0 Å². The lowest BCUT2D eigenvalue weighted by Crippen LogP contribution is -2.39. The van der Waals surface area contributed by atoms with E-state index < -0.39 is 25.9 Å². The third-order valence-corrected chi connectivity index (χ3v) is 6.52. The van der Waals surface area contributed by atoms with Gasteiger partial charge < -0.3 is 34.4 Å². The number of carbonyl (C=O) groups excluding carboxylic acids is 4. The predicted octanol–water partition coefficient (Wildman–Crippen LogP) is 2.30. The first-order chi connectivity index (χ1) is 21.2. The zero-order chi connectivity index (χ0) is 33.1. The molecule has 17 heteroatoms. The number of phosphoric ester groups is 1. The normalized spacial score (nSPS) is 11.1. The minimum Gasteiger partial charge on any atom is -0.445 e. The van der Waals surface area contributed by atoms with Crippen molar-refractivity contribution in [1.29, 1.82) is 0 Å². The summed E-state index contributed by atoms with van der Waals surface area (Å²) >= 11 is 0. The highest BCUT2D eigenvalue weighted by atomic mass is 31.2. The summed E-state index contributed by atoms with van der Waals surface area (Å²) in [5.41, 5.74) is 1.14. The summed E-state index contributed by atoms with van der Waals surface area (Å²) in [6.07, 6.45) is -1.53. The maximum Gasteiger partial charge on any atom is 0.524 e. The molecule has 242 valence electrons. The number of carbonyl (C=O) groups is 4. The third-order valence-electron chi connectivity index (χ3n) is 6.08. The van der Waals surface area contributed by atoms with E-state index in [-0.39, 0.29) is 61.9 Å². The second kappa shape index (κ2) is 15.8. The van der Waals surface area contributed by atoms with Gasteiger partial charge in [0, 0.05) is 46.2 Å². The molecule has 3 rings (SSSR count). The SMILES string of the molecule is CC(C)C(=O)NCCNC(=O)c1nc2ccccc2nc1OC(=O)N(C)CCN(C)C(=O)OCc1ccc(OP(=O)(O)O)cc1. The molecule has 0 aliphatic rings. The van der Waals surface area contributed by atoms with Crippen molar-refractivity contribution < 1.29 is 47.5 Å². The van der Waals surface area contributed by atoms with Crippen molar-refractivity contribution in [3.8, 4) is 11.6 Å². The number of benzene rings is 2. The van der Waals surface area contributed by atoms with Gasteiger partial charge in [0.25, 0.3) is 11.8 Å². The van der Waals surface area contributed by atoms with E-state index in [9.17, 15) is 23.7 Å². The molecule has 1 heterocycles. The number of phosphoric acid groups is 1. The molecule has 0 fully saturated rings. The molecule has 0 spiro atoms. The summed E-state index contributed by atoms with van der Waals surface area (Å²) in [5.74, 6) is -1.36. The minimum atomic E-state index is -4.68. The number of nitrogens with zero attached hydrogens (tertiary/aromatic N) is 4. The van der Waals surface area contributed by atoms with E-state index in [1.165, 1.54) is 48.2 Å². The van der Waals surface area contributed by atoms with Crippen LogP contribution in [0.4, 0.5) is 9.59 Å². The number of rotatable bonds is 13. The molecule has 3 aromatic rings. The van der Waals surface area contributed by atoms with Crippen LogP contribution in [0.25, 0.3) is 11.0 Å². The van der Waals surface area contributed by atoms with Gasteiger partial charge in [-0.15, -0.1) is 0 Å². The molecular formula is C28H35N6O10P. The first-order valence-corrected chi connectivity index (χ1v) is 15.2. The average Bonchev–Trinajstić information content (AvgIpc) is 2.99. The zero-order valence-corrected chi connectivity index (χ0v) is 26.0. The van der Waals surface area contributed by atoms with Crippen LogP contribution < -0.4 is 19.9 Å². The maximum absolute atomic E-state index is 12.9. The highest BCUT2D eigenvalue weighted by Gasteiger charge is 2.23. The van der Waals surface area contributed by atoms with Crippen LogP contribution in [0.15, 0.2) is 48.5 Å². The van der Waals surface area contributed by atoms with Gasteiger partial charge in [0.2, 0.25) is 5.91 Å². The van der Waals surface area contributed by atoms with Crippen molar-refractivity contribution in [2.45, 2.75) is 20.5 Å². The molecule has 0 saturated carbocycles. The highest BCUT2D eigenvalue weighted by Crippen LogP contribution is 2.37. The number of para-hydroxylation sites is 2. The predicted molar refractivity (Wildman–Crippen MR) is 160 cm³/mol. The standard InChI is InChI=1S/C28H35N6O10P/c1-18(2)24(35)29-13-14-30-25(36)23-26(32-22-8-6-5-7-21(22)31-23)43-28(38)34(4)16-15-33(3)27(37)42-17-19-9-11-20(12-10-19)44-45(39,40)41/h5-12,18H,13-17H2,1-4H3,(H,29,35)(H,30,36)(H2,39,40,41). The monoisotopic (exact) mass is 646 g/mol. The summed E-state index contributed by atoms with van der Waals surface area (Å²) in [5, 5.41) is 5.32. The highest BCUT2D eigenvalue weighted by molar-refractivity contribution is 7.46. The van der Waals surface area contributed by atoms with Gasteiger partial charge in [-0.3, -0.25) is 19.4 Å². The Kier molecular flexibility index (Phi) is 12.2. The Morgan fingerprint density at radius 1 is 0.867 bits per heavy atom. The number of aromatic nitrogens is 2.